The van der Waals surface area contributed by atoms with Crippen LogP contribution in [0.3, 0.4) is 0 Å². The van der Waals surface area contributed by atoms with Gasteiger partial charge in [-0.2, -0.15) is 0 Å². The zero-order chi connectivity index (χ0) is 23.6. The highest BCUT2D eigenvalue weighted by molar-refractivity contribution is 7.89. The van der Waals surface area contributed by atoms with E-state index >= 15 is 0 Å². The summed E-state index contributed by atoms with van der Waals surface area (Å²) >= 11 is 0. The molecule has 0 aliphatic heterocycles. The summed E-state index contributed by atoms with van der Waals surface area (Å²) in [5, 5.41) is 11.0. The van der Waals surface area contributed by atoms with Gasteiger partial charge in [0.1, 0.15) is 18.8 Å². The molecule has 0 bridgehead atoms. The first-order chi connectivity index (χ1) is 15.8. The largest absolute Gasteiger partial charge is 0.454 e. The van der Waals surface area contributed by atoms with Gasteiger partial charge in [0.15, 0.2) is 0 Å². The Bertz CT molecular complexity index is 1380. The summed E-state index contributed by atoms with van der Waals surface area (Å²) in [5.74, 6) is 0.0501. The molecule has 12 heteroatoms. The SMILES string of the molecule is CCCn1c(COC(=O)c2ccc(-n3cnnn3)cc2)nc2cc(S(=O)(=O)N(C)C)ccc21. The Kier molecular flexibility index (Phi) is 6.20. The highest BCUT2D eigenvalue weighted by atomic mass is 32.2. The van der Waals surface area contributed by atoms with Crippen LogP contribution in [0, 0.1) is 0 Å². The zero-order valence-electron chi connectivity index (χ0n) is 18.4. The van der Waals surface area contributed by atoms with Crippen molar-refractivity contribution in [3.63, 3.8) is 0 Å². The first-order valence-electron chi connectivity index (χ1n) is 10.2. The second kappa shape index (κ2) is 9.08. The third kappa shape index (κ3) is 4.47. The van der Waals surface area contributed by atoms with Crippen LogP contribution in [-0.2, 0) is 27.9 Å². The molecule has 0 spiro atoms. The number of sulfonamides is 1. The summed E-state index contributed by atoms with van der Waals surface area (Å²) in [4.78, 5) is 17.3. The first-order valence-corrected chi connectivity index (χ1v) is 11.7. The number of fused-ring (bicyclic) bond motifs is 1. The van der Waals surface area contributed by atoms with Gasteiger partial charge in [0, 0.05) is 20.6 Å². The average molecular weight is 470 g/mol. The third-order valence-electron chi connectivity index (χ3n) is 5.07. The lowest BCUT2D eigenvalue weighted by Crippen LogP contribution is -2.22. The van der Waals surface area contributed by atoms with Gasteiger partial charge in [0.2, 0.25) is 10.0 Å². The van der Waals surface area contributed by atoms with E-state index in [1.54, 1.807) is 42.5 Å². The minimum Gasteiger partial charge on any atom is -0.454 e. The number of aromatic nitrogens is 6. The van der Waals surface area contributed by atoms with Gasteiger partial charge in [-0.15, -0.1) is 5.10 Å². The van der Waals surface area contributed by atoms with Crippen LogP contribution < -0.4 is 0 Å². The fraction of sp³-hybridized carbons (Fsp3) is 0.286. The summed E-state index contributed by atoms with van der Waals surface area (Å²) in [6, 6.07) is 11.5. The van der Waals surface area contributed by atoms with Gasteiger partial charge in [0.05, 0.1) is 27.2 Å². The Balaban J connectivity index is 1.56. The van der Waals surface area contributed by atoms with Gasteiger partial charge in [-0.3, -0.25) is 0 Å². The minimum absolute atomic E-state index is 0.0436. The zero-order valence-corrected chi connectivity index (χ0v) is 19.2. The number of ether oxygens (including phenoxy) is 1. The lowest BCUT2D eigenvalue weighted by atomic mass is 10.2. The molecule has 2 aromatic carbocycles. The number of aryl methyl sites for hydroxylation is 1. The van der Waals surface area contributed by atoms with Crippen molar-refractivity contribution in [3.8, 4) is 5.69 Å². The Labute approximate surface area is 190 Å². The van der Waals surface area contributed by atoms with E-state index < -0.39 is 16.0 Å². The van der Waals surface area contributed by atoms with E-state index in [9.17, 15) is 13.2 Å². The molecule has 0 N–H and O–H groups in total. The summed E-state index contributed by atoms with van der Waals surface area (Å²) in [5.41, 5.74) is 2.41. The monoisotopic (exact) mass is 469 g/mol. The van der Waals surface area contributed by atoms with E-state index in [1.165, 1.54) is 25.1 Å². The molecule has 0 unspecified atom stereocenters. The van der Waals surface area contributed by atoms with Crippen molar-refractivity contribution in [1.82, 2.24) is 34.1 Å². The number of imidazole rings is 1. The molecule has 2 aromatic heterocycles. The van der Waals surface area contributed by atoms with Crippen LogP contribution >= 0.6 is 0 Å². The standard InChI is InChI=1S/C21H23N7O4S/c1-4-11-27-19-10-9-17(33(30,31)26(2)3)12-18(19)23-20(27)13-32-21(29)15-5-7-16(8-6-15)28-14-22-24-25-28/h5-10,12,14H,4,11,13H2,1-3H3. The Hall–Kier alpha value is -3.64. The molecule has 172 valence electrons. The predicted molar refractivity (Wildman–Crippen MR) is 119 cm³/mol. The molecule has 0 aliphatic rings. The molecule has 0 atom stereocenters. The van der Waals surface area contributed by atoms with Crippen molar-refractivity contribution in [2.24, 2.45) is 0 Å². The Morgan fingerprint density at radius 3 is 2.52 bits per heavy atom. The van der Waals surface area contributed by atoms with Crippen LogP contribution in [0.1, 0.15) is 29.5 Å². The maximum absolute atomic E-state index is 12.6. The van der Waals surface area contributed by atoms with Crippen molar-refractivity contribution < 1.29 is 17.9 Å². The van der Waals surface area contributed by atoms with Gasteiger partial charge < -0.3 is 9.30 Å². The molecule has 33 heavy (non-hydrogen) atoms. The highest BCUT2D eigenvalue weighted by Gasteiger charge is 2.20. The van der Waals surface area contributed by atoms with E-state index in [-0.39, 0.29) is 11.5 Å². The quantitative estimate of drug-likeness (QED) is 0.359. The smallest absolute Gasteiger partial charge is 0.338 e. The van der Waals surface area contributed by atoms with Crippen molar-refractivity contribution in [2.75, 3.05) is 14.1 Å². The first kappa shape index (κ1) is 22.6. The fourth-order valence-corrected chi connectivity index (χ4v) is 4.28. The summed E-state index contributed by atoms with van der Waals surface area (Å²) < 4.78 is 35.0. The molecule has 0 fully saturated rings. The molecule has 0 amide bonds. The molecule has 4 aromatic rings. The molecule has 0 aliphatic carbocycles. The highest BCUT2D eigenvalue weighted by Crippen LogP contribution is 2.23. The molecule has 0 radical (unpaired) electrons. The van der Waals surface area contributed by atoms with Crippen molar-refractivity contribution in [1.29, 1.82) is 0 Å². The van der Waals surface area contributed by atoms with Crippen molar-refractivity contribution in [3.05, 3.63) is 60.2 Å². The van der Waals surface area contributed by atoms with Crippen LogP contribution in [0.2, 0.25) is 0 Å². The van der Waals surface area contributed by atoms with Crippen LogP contribution in [0.25, 0.3) is 16.7 Å². The van der Waals surface area contributed by atoms with Crippen LogP contribution in [0.15, 0.2) is 53.7 Å². The minimum atomic E-state index is -3.58. The van der Waals surface area contributed by atoms with E-state index in [0.717, 1.165) is 16.2 Å². The number of carbonyl (C=O) groups excluding carboxylic acids is 1. The number of carbonyl (C=O) groups is 1. The van der Waals surface area contributed by atoms with Crippen LogP contribution in [0.5, 0.6) is 0 Å². The Morgan fingerprint density at radius 2 is 1.88 bits per heavy atom. The van der Waals surface area contributed by atoms with E-state index in [1.807, 2.05) is 11.5 Å². The van der Waals surface area contributed by atoms with Crippen LogP contribution in [0.4, 0.5) is 0 Å². The predicted octanol–water partition coefficient (Wildman–Crippen LogP) is 2.03. The van der Waals surface area contributed by atoms with Gasteiger partial charge >= 0.3 is 5.97 Å². The Morgan fingerprint density at radius 1 is 1.12 bits per heavy atom. The van der Waals surface area contributed by atoms with Crippen LogP contribution in [-0.4, -0.2) is 62.5 Å². The van der Waals surface area contributed by atoms with Gasteiger partial charge in [0.25, 0.3) is 0 Å². The van der Waals surface area contributed by atoms with E-state index in [4.69, 9.17) is 4.74 Å². The lowest BCUT2D eigenvalue weighted by Gasteiger charge is -2.11. The van der Waals surface area contributed by atoms with Gasteiger partial charge in [-0.05, 0) is 59.3 Å². The summed E-state index contributed by atoms with van der Waals surface area (Å²) in [7, 11) is -0.618. The molecule has 0 saturated heterocycles. The number of hydrogen-bond donors (Lipinski definition) is 0. The number of tetrazole rings is 1. The number of nitrogens with zero attached hydrogens (tertiary/aromatic N) is 7. The maximum atomic E-state index is 12.6. The molecule has 4 rings (SSSR count). The summed E-state index contributed by atoms with van der Waals surface area (Å²) in [6.07, 6.45) is 2.30. The molecule has 2 heterocycles. The third-order valence-corrected chi connectivity index (χ3v) is 6.88. The molecular weight excluding hydrogens is 446 g/mol. The normalized spacial score (nSPS) is 11.9. The number of rotatable bonds is 8. The molecule has 0 saturated carbocycles. The second-order valence-corrected chi connectivity index (χ2v) is 9.65. The number of hydrogen-bond acceptors (Lipinski definition) is 8. The fourth-order valence-electron chi connectivity index (χ4n) is 3.36. The lowest BCUT2D eigenvalue weighted by molar-refractivity contribution is 0.0458. The van der Waals surface area contributed by atoms with Gasteiger partial charge in [-0.25, -0.2) is 27.2 Å². The topological polar surface area (TPSA) is 125 Å². The second-order valence-electron chi connectivity index (χ2n) is 7.50. The van der Waals surface area contributed by atoms with Gasteiger partial charge in [-0.1, -0.05) is 6.92 Å². The summed E-state index contributed by atoms with van der Waals surface area (Å²) in [6.45, 7) is 2.64. The van der Waals surface area contributed by atoms with E-state index in [0.29, 0.717) is 29.1 Å². The van der Waals surface area contributed by atoms with Crippen molar-refractivity contribution >= 4 is 27.0 Å². The van der Waals surface area contributed by atoms with E-state index in [2.05, 4.69) is 20.5 Å². The molecule has 11 nitrogen and oxygen atoms in total. The average Bonchev–Trinajstić information content (AvgIpc) is 3.46. The molecular formula is C21H23N7O4S. The number of esters is 1. The number of benzene rings is 2. The van der Waals surface area contributed by atoms with Crippen molar-refractivity contribution in [2.45, 2.75) is 31.4 Å². The maximum Gasteiger partial charge on any atom is 0.338 e.